The highest BCUT2D eigenvalue weighted by atomic mass is 32.2. The van der Waals surface area contributed by atoms with Crippen molar-refractivity contribution in [3.8, 4) is 0 Å². The molecule has 0 aliphatic rings. The lowest BCUT2D eigenvalue weighted by Gasteiger charge is -2.00. The predicted octanol–water partition coefficient (Wildman–Crippen LogP) is 3.22. The summed E-state index contributed by atoms with van der Waals surface area (Å²) in [6.45, 7) is 5.20. The Kier molecular flexibility index (Phi) is 5.54. The van der Waals surface area contributed by atoms with Crippen molar-refractivity contribution in [2.24, 2.45) is 0 Å². The summed E-state index contributed by atoms with van der Waals surface area (Å²) < 4.78 is 2.10. The van der Waals surface area contributed by atoms with Gasteiger partial charge in [0.1, 0.15) is 0 Å². The van der Waals surface area contributed by atoms with Gasteiger partial charge in [0, 0.05) is 36.7 Å². The van der Waals surface area contributed by atoms with Crippen LogP contribution in [0.5, 0.6) is 0 Å². The van der Waals surface area contributed by atoms with Crippen LogP contribution in [0.2, 0.25) is 0 Å². The first-order valence-electron chi connectivity index (χ1n) is 5.54. The number of aromatic nitrogens is 1. The van der Waals surface area contributed by atoms with E-state index in [0.717, 1.165) is 30.0 Å². The normalized spacial score (nSPS) is 10.5. The van der Waals surface area contributed by atoms with Crippen LogP contribution < -0.4 is 0 Å². The smallest absolute Gasteiger partial charge is 0.164 e. The Labute approximate surface area is 96.1 Å². The topological polar surface area (TPSA) is 22.0 Å². The highest BCUT2D eigenvalue weighted by Crippen LogP contribution is 2.08. The highest BCUT2D eigenvalue weighted by Gasteiger charge is 2.05. The molecule has 2 nitrogen and oxygen atoms in total. The molecule has 0 atom stereocenters. The molecule has 0 aliphatic heterocycles. The van der Waals surface area contributed by atoms with Gasteiger partial charge < -0.3 is 4.57 Å². The number of rotatable bonds is 7. The van der Waals surface area contributed by atoms with E-state index in [1.165, 1.54) is 0 Å². The Bertz CT molecular complexity index is 306. The number of carbonyl (C=O) groups excluding carboxylic acids is 1. The van der Waals surface area contributed by atoms with Crippen LogP contribution in [0.15, 0.2) is 18.5 Å². The standard InChI is InChI=1S/C12H19NOS/c1-3-5-12(14)11-6-7-13(10-11)8-9-15-4-2/h6-7,10H,3-5,8-9H2,1-2H3. The van der Waals surface area contributed by atoms with E-state index in [0.29, 0.717) is 6.42 Å². The molecular weight excluding hydrogens is 206 g/mol. The van der Waals surface area contributed by atoms with Gasteiger partial charge in [-0.05, 0) is 18.2 Å². The van der Waals surface area contributed by atoms with Crippen LogP contribution >= 0.6 is 11.8 Å². The average molecular weight is 225 g/mol. The summed E-state index contributed by atoms with van der Waals surface area (Å²) in [5.41, 5.74) is 0.860. The van der Waals surface area contributed by atoms with Crippen LogP contribution in [0.4, 0.5) is 0 Å². The second kappa shape index (κ2) is 6.72. The van der Waals surface area contributed by atoms with Gasteiger partial charge in [0.05, 0.1) is 0 Å². The Morgan fingerprint density at radius 3 is 2.93 bits per heavy atom. The number of carbonyl (C=O) groups is 1. The molecule has 0 unspecified atom stereocenters. The summed E-state index contributed by atoms with van der Waals surface area (Å²) in [4.78, 5) is 11.6. The van der Waals surface area contributed by atoms with E-state index in [2.05, 4.69) is 11.5 Å². The van der Waals surface area contributed by atoms with Gasteiger partial charge in [-0.15, -0.1) is 0 Å². The molecule has 1 aromatic heterocycles. The molecule has 84 valence electrons. The van der Waals surface area contributed by atoms with Crippen LogP contribution in [0, 0.1) is 0 Å². The van der Waals surface area contributed by atoms with E-state index in [9.17, 15) is 4.79 Å². The molecule has 0 amide bonds. The van der Waals surface area contributed by atoms with E-state index in [1.54, 1.807) is 0 Å². The molecule has 0 fully saturated rings. The maximum Gasteiger partial charge on any atom is 0.164 e. The summed E-state index contributed by atoms with van der Waals surface area (Å²) in [7, 11) is 0. The summed E-state index contributed by atoms with van der Waals surface area (Å²) in [6.07, 6.45) is 5.55. The fourth-order valence-electron chi connectivity index (χ4n) is 1.43. The monoisotopic (exact) mass is 225 g/mol. The second-order valence-electron chi connectivity index (χ2n) is 3.51. The van der Waals surface area contributed by atoms with Gasteiger partial charge in [-0.2, -0.15) is 11.8 Å². The van der Waals surface area contributed by atoms with E-state index in [1.807, 2.05) is 37.1 Å². The number of ketones is 1. The van der Waals surface area contributed by atoms with Gasteiger partial charge in [0.2, 0.25) is 0 Å². The quantitative estimate of drug-likeness (QED) is 0.525. The molecule has 0 aliphatic carbocycles. The Balaban J connectivity index is 2.45. The minimum absolute atomic E-state index is 0.263. The molecule has 0 N–H and O–H groups in total. The maximum atomic E-state index is 11.6. The molecule has 1 rings (SSSR count). The summed E-state index contributed by atoms with van der Waals surface area (Å²) in [5, 5.41) is 0. The minimum Gasteiger partial charge on any atom is -0.353 e. The number of aryl methyl sites for hydroxylation is 1. The number of thioether (sulfide) groups is 1. The molecule has 0 aromatic carbocycles. The molecule has 0 radical (unpaired) electrons. The summed E-state index contributed by atoms with van der Waals surface area (Å²) in [5.74, 6) is 2.54. The number of hydrogen-bond acceptors (Lipinski definition) is 2. The van der Waals surface area contributed by atoms with Crippen molar-refractivity contribution < 1.29 is 4.79 Å². The fraction of sp³-hybridized carbons (Fsp3) is 0.583. The third-order valence-corrected chi connectivity index (χ3v) is 3.13. The third kappa shape index (κ3) is 4.12. The van der Waals surface area contributed by atoms with Crippen molar-refractivity contribution in [3.63, 3.8) is 0 Å². The second-order valence-corrected chi connectivity index (χ2v) is 4.90. The fourth-order valence-corrected chi connectivity index (χ4v) is 2.06. The van der Waals surface area contributed by atoms with Gasteiger partial charge in [-0.25, -0.2) is 0 Å². The lowest BCUT2D eigenvalue weighted by Crippen LogP contribution is -1.99. The van der Waals surface area contributed by atoms with Crippen molar-refractivity contribution in [1.82, 2.24) is 4.57 Å². The van der Waals surface area contributed by atoms with Crippen molar-refractivity contribution >= 4 is 17.5 Å². The number of Topliss-reactive ketones (excluding diaryl/α,β-unsaturated/α-hetero) is 1. The van der Waals surface area contributed by atoms with E-state index in [-0.39, 0.29) is 5.78 Å². The molecule has 0 spiro atoms. The molecule has 15 heavy (non-hydrogen) atoms. The van der Waals surface area contributed by atoms with Crippen molar-refractivity contribution in [2.75, 3.05) is 11.5 Å². The Hall–Kier alpha value is -0.700. The van der Waals surface area contributed by atoms with Gasteiger partial charge in [0.25, 0.3) is 0 Å². The lowest BCUT2D eigenvalue weighted by molar-refractivity contribution is 0.0981. The van der Waals surface area contributed by atoms with E-state index >= 15 is 0 Å². The Morgan fingerprint density at radius 2 is 2.27 bits per heavy atom. The lowest BCUT2D eigenvalue weighted by atomic mass is 10.1. The minimum atomic E-state index is 0.263. The molecule has 1 aromatic rings. The molecule has 3 heteroatoms. The summed E-state index contributed by atoms with van der Waals surface area (Å²) >= 11 is 1.93. The van der Waals surface area contributed by atoms with Crippen molar-refractivity contribution in [3.05, 3.63) is 24.0 Å². The van der Waals surface area contributed by atoms with Crippen molar-refractivity contribution in [2.45, 2.75) is 33.2 Å². The van der Waals surface area contributed by atoms with Crippen LogP contribution in [-0.2, 0) is 6.54 Å². The van der Waals surface area contributed by atoms with Gasteiger partial charge >= 0.3 is 0 Å². The van der Waals surface area contributed by atoms with Crippen LogP contribution in [0.1, 0.15) is 37.0 Å². The maximum absolute atomic E-state index is 11.6. The summed E-state index contributed by atoms with van der Waals surface area (Å²) in [6, 6.07) is 1.93. The van der Waals surface area contributed by atoms with Crippen LogP contribution in [0.25, 0.3) is 0 Å². The first kappa shape index (κ1) is 12.4. The predicted molar refractivity (Wildman–Crippen MR) is 66.7 cm³/mol. The van der Waals surface area contributed by atoms with Gasteiger partial charge in [-0.1, -0.05) is 13.8 Å². The van der Waals surface area contributed by atoms with Crippen LogP contribution in [-0.4, -0.2) is 21.9 Å². The van der Waals surface area contributed by atoms with Gasteiger partial charge in [0.15, 0.2) is 5.78 Å². The zero-order valence-electron chi connectivity index (χ0n) is 9.53. The largest absolute Gasteiger partial charge is 0.353 e. The average Bonchev–Trinajstić information content (AvgIpc) is 2.67. The molecule has 0 saturated carbocycles. The van der Waals surface area contributed by atoms with E-state index < -0.39 is 0 Å². The number of hydrogen-bond donors (Lipinski definition) is 0. The first-order chi connectivity index (χ1) is 7.27. The van der Waals surface area contributed by atoms with E-state index in [4.69, 9.17) is 0 Å². The molecule has 1 heterocycles. The van der Waals surface area contributed by atoms with Crippen LogP contribution in [0.3, 0.4) is 0 Å². The number of nitrogens with zero attached hydrogens (tertiary/aromatic N) is 1. The van der Waals surface area contributed by atoms with Crippen molar-refractivity contribution in [1.29, 1.82) is 0 Å². The first-order valence-corrected chi connectivity index (χ1v) is 6.70. The SMILES string of the molecule is CCCC(=O)c1ccn(CCSCC)c1. The zero-order valence-corrected chi connectivity index (χ0v) is 10.3. The Morgan fingerprint density at radius 1 is 1.47 bits per heavy atom. The highest BCUT2D eigenvalue weighted by molar-refractivity contribution is 7.99. The zero-order chi connectivity index (χ0) is 11.1. The molecular formula is C12H19NOS. The molecule has 0 saturated heterocycles. The third-order valence-electron chi connectivity index (χ3n) is 2.25. The molecule has 0 bridgehead atoms. The van der Waals surface area contributed by atoms with Gasteiger partial charge in [-0.3, -0.25) is 4.79 Å².